The van der Waals surface area contributed by atoms with Crippen LogP contribution in [0.4, 0.5) is 5.95 Å². The monoisotopic (exact) mass is 317 g/mol. The van der Waals surface area contributed by atoms with Crippen molar-refractivity contribution in [2.45, 2.75) is 13.3 Å². The Morgan fingerprint density at radius 3 is 2.83 bits per heavy atom. The lowest BCUT2D eigenvalue weighted by Gasteiger charge is -2.21. The Kier molecular flexibility index (Phi) is 7.68. The van der Waals surface area contributed by atoms with Crippen LogP contribution < -0.4 is 9.64 Å². The molecule has 0 N–H and O–H groups in total. The lowest BCUT2D eigenvalue weighted by Crippen LogP contribution is -2.30. The van der Waals surface area contributed by atoms with Gasteiger partial charge in [-0.1, -0.05) is 22.9 Å². The zero-order valence-electron chi connectivity index (χ0n) is 10.9. The summed E-state index contributed by atoms with van der Waals surface area (Å²) in [4.78, 5) is 10.7. The first-order valence-corrected chi connectivity index (χ1v) is 7.19. The van der Waals surface area contributed by atoms with E-state index in [9.17, 15) is 0 Å². The van der Waals surface area contributed by atoms with Gasteiger partial charge in [-0.3, -0.25) is 0 Å². The van der Waals surface area contributed by atoms with Crippen molar-refractivity contribution in [1.82, 2.24) is 9.97 Å². The van der Waals surface area contributed by atoms with Crippen molar-refractivity contribution in [3.05, 3.63) is 12.3 Å². The van der Waals surface area contributed by atoms with Crippen LogP contribution in [0.15, 0.2) is 12.3 Å². The minimum absolute atomic E-state index is 0.624. The minimum atomic E-state index is 0.624. The van der Waals surface area contributed by atoms with E-state index in [1.165, 1.54) is 0 Å². The summed E-state index contributed by atoms with van der Waals surface area (Å²) in [6.45, 7) is 4.99. The molecule has 18 heavy (non-hydrogen) atoms. The second-order valence-electron chi connectivity index (χ2n) is 3.71. The quantitative estimate of drug-likeness (QED) is 0.653. The van der Waals surface area contributed by atoms with Crippen molar-refractivity contribution in [1.29, 1.82) is 0 Å². The van der Waals surface area contributed by atoms with Crippen molar-refractivity contribution in [2.24, 2.45) is 0 Å². The number of hydrogen-bond acceptors (Lipinski definition) is 5. The van der Waals surface area contributed by atoms with Crippen LogP contribution in [0.5, 0.6) is 5.88 Å². The molecule has 0 saturated carbocycles. The van der Waals surface area contributed by atoms with Crippen LogP contribution in [0, 0.1) is 0 Å². The molecule has 0 aliphatic rings. The van der Waals surface area contributed by atoms with Crippen molar-refractivity contribution in [3.8, 4) is 5.88 Å². The molecule has 0 radical (unpaired) electrons. The van der Waals surface area contributed by atoms with Crippen LogP contribution in [0.3, 0.4) is 0 Å². The molecule has 1 rings (SSSR count). The largest absolute Gasteiger partial charge is 0.478 e. The fraction of sp³-hybridized carbons (Fsp3) is 0.667. The predicted octanol–water partition coefficient (Wildman–Crippen LogP) is 2.11. The van der Waals surface area contributed by atoms with Crippen molar-refractivity contribution < 1.29 is 9.47 Å². The topological polar surface area (TPSA) is 47.5 Å². The molecule has 0 aliphatic heterocycles. The fourth-order valence-corrected chi connectivity index (χ4v) is 1.82. The van der Waals surface area contributed by atoms with Gasteiger partial charge in [-0.2, -0.15) is 4.98 Å². The van der Waals surface area contributed by atoms with E-state index < -0.39 is 0 Å². The number of methoxy groups -OCH3 is 1. The third-order valence-electron chi connectivity index (χ3n) is 2.27. The standard InChI is InChI=1S/C12H20BrN3O2/c1-3-9-18-11-4-6-14-12(15-11)16(7-5-13)8-10-17-2/h4,6H,3,5,7-10H2,1-2H3. The maximum Gasteiger partial charge on any atom is 0.228 e. The molecule has 1 aromatic heterocycles. The Labute approximate surface area is 117 Å². The second kappa shape index (κ2) is 9.10. The van der Waals surface area contributed by atoms with E-state index in [-0.39, 0.29) is 0 Å². The molecule has 0 unspecified atom stereocenters. The van der Waals surface area contributed by atoms with E-state index >= 15 is 0 Å². The third kappa shape index (κ3) is 5.18. The number of nitrogens with zero attached hydrogens (tertiary/aromatic N) is 3. The van der Waals surface area contributed by atoms with Crippen LogP contribution in [0.2, 0.25) is 0 Å². The van der Waals surface area contributed by atoms with Crippen LogP contribution >= 0.6 is 15.9 Å². The van der Waals surface area contributed by atoms with E-state index in [2.05, 4.69) is 37.7 Å². The minimum Gasteiger partial charge on any atom is -0.478 e. The summed E-state index contributed by atoms with van der Waals surface area (Å²) >= 11 is 3.43. The molecule has 1 aromatic rings. The average Bonchev–Trinajstić information content (AvgIpc) is 2.41. The van der Waals surface area contributed by atoms with E-state index in [0.717, 1.165) is 24.8 Å². The molecule has 6 heteroatoms. The maximum absolute atomic E-state index is 5.51. The predicted molar refractivity (Wildman–Crippen MR) is 75.7 cm³/mol. The first kappa shape index (κ1) is 15.2. The van der Waals surface area contributed by atoms with Crippen molar-refractivity contribution in [2.75, 3.05) is 43.6 Å². The van der Waals surface area contributed by atoms with Crippen LogP contribution in [0.25, 0.3) is 0 Å². The Morgan fingerprint density at radius 2 is 2.17 bits per heavy atom. The number of aromatic nitrogens is 2. The molecule has 0 aromatic carbocycles. The number of alkyl halides is 1. The lowest BCUT2D eigenvalue weighted by atomic mass is 10.5. The Balaban J connectivity index is 2.70. The number of ether oxygens (including phenoxy) is 2. The highest BCUT2D eigenvalue weighted by Crippen LogP contribution is 2.13. The van der Waals surface area contributed by atoms with Crippen molar-refractivity contribution in [3.63, 3.8) is 0 Å². The summed E-state index contributed by atoms with van der Waals surface area (Å²) in [5.74, 6) is 1.30. The summed E-state index contributed by atoms with van der Waals surface area (Å²) in [6, 6.07) is 1.78. The van der Waals surface area contributed by atoms with Gasteiger partial charge in [-0.25, -0.2) is 4.98 Å². The third-order valence-corrected chi connectivity index (χ3v) is 2.63. The van der Waals surface area contributed by atoms with E-state index in [1.807, 2.05) is 0 Å². The molecular weight excluding hydrogens is 298 g/mol. The number of rotatable bonds is 9. The molecule has 102 valence electrons. The average molecular weight is 318 g/mol. The van der Waals surface area contributed by atoms with Gasteiger partial charge in [0, 0.05) is 37.8 Å². The van der Waals surface area contributed by atoms with Crippen molar-refractivity contribution >= 4 is 21.9 Å². The molecule has 5 nitrogen and oxygen atoms in total. The Morgan fingerprint density at radius 1 is 1.33 bits per heavy atom. The molecule has 0 amide bonds. The highest BCUT2D eigenvalue weighted by Gasteiger charge is 2.09. The molecule has 1 heterocycles. The van der Waals surface area contributed by atoms with E-state index in [1.54, 1.807) is 19.4 Å². The smallest absolute Gasteiger partial charge is 0.228 e. The van der Waals surface area contributed by atoms with E-state index in [0.29, 0.717) is 25.0 Å². The summed E-state index contributed by atoms with van der Waals surface area (Å²) in [5, 5.41) is 0.861. The van der Waals surface area contributed by atoms with Gasteiger partial charge in [0.25, 0.3) is 0 Å². The highest BCUT2D eigenvalue weighted by molar-refractivity contribution is 9.09. The summed E-state index contributed by atoms with van der Waals surface area (Å²) in [7, 11) is 1.69. The summed E-state index contributed by atoms with van der Waals surface area (Å²) in [5.41, 5.74) is 0. The number of hydrogen-bond donors (Lipinski definition) is 0. The second-order valence-corrected chi connectivity index (χ2v) is 4.51. The van der Waals surface area contributed by atoms with Gasteiger partial charge in [-0.05, 0) is 6.42 Å². The van der Waals surface area contributed by atoms with Gasteiger partial charge >= 0.3 is 0 Å². The molecule has 0 bridgehead atoms. The first-order chi connectivity index (χ1) is 8.81. The molecule has 0 aliphatic carbocycles. The molecule has 0 fully saturated rings. The van der Waals surface area contributed by atoms with Crippen LogP contribution in [-0.4, -0.2) is 48.7 Å². The van der Waals surface area contributed by atoms with Gasteiger partial charge in [0.15, 0.2) is 0 Å². The zero-order valence-corrected chi connectivity index (χ0v) is 12.5. The first-order valence-electron chi connectivity index (χ1n) is 6.07. The SMILES string of the molecule is CCCOc1ccnc(N(CCBr)CCOC)n1. The van der Waals surface area contributed by atoms with Gasteiger partial charge in [0.1, 0.15) is 0 Å². The summed E-state index contributed by atoms with van der Waals surface area (Å²) < 4.78 is 10.6. The Hall–Kier alpha value is -0.880. The lowest BCUT2D eigenvalue weighted by molar-refractivity contribution is 0.205. The molecule has 0 spiro atoms. The van der Waals surface area contributed by atoms with Gasteiger partial charge < -0.3 is 14.4 Å². The normalized spacial score (nSPS) is 10.4. The Bertz CT molecular complexity index is 339. The van der Waals surface area contributed by atoms with Gasteiger partial charge in [0.05, 0.1) is 13.2 Å². The zero-order chi connectivity index (χ0) is 13.2. The number of anilines is 1. The van der Waals surface area contributed by atoms with Gasteiger partial charge in [-0.15, -0.1) is 0 Å². The van der Waals surface area contributed by atoms with Crippen LogP contribution in [-0.2, 0) is 4.74 Å². The molecular formula is C12H20BrN3O2. The molecule has 0 saturated heterocycles. The maximum atomic E-state index is 5.51. The number of halogens is 1. The highest BCUT2D eigenvalue weighted by atomic mass is 79.9. The fourth-order valence-electron chi connectivity index (χ4n) is 1.39. The van der Waals surface area contributed by atoms with Gasteiger partial charge in [0.2, 0.25) is 11.8 Å². The van der Waals surface area contributed by atoms with Crippen LogP contribution in [0.1, 0.15) is 13.3 Å². The summed E-state index contributed by atoms with van der Waals surface area (Å²) in [6.07, 6.45) is 2.69. The molecule has 0 atom stereocenters. The van der Waals surface area contributed by atoms with E-state index in [4.69, 9.17) is 9.47 Å².